The van der Waals surface area contributed by atoms with Crippen LogP contribution >= 0.6 is 11.6 Å². The minimum absolute atomic E-state index is 0.00282. The summed E-state index contributed by atoms with van der Waals surface area (Å²) < 4.78 is 63.6. The van der Waals surface area contributed by atoms with Gasteiger partial charge in [0.2, 0.25) is 5.95 Å². The number of allylic oxidation sites excluding steroid dienone is 1. The van der Waals surface area contributed by atoms with Gasteiger partial charge in [0, 0.05) is 7.05 Å². The first-order chi connectivity index (χ1) is 12.0. The fraction of sp³-hybridized carbons (Fsp3) is 0.308. The normalized spacial score (nSPS) is 13.1. The first kappa shape index (κ1) is 20.1. The predicted molar refractivity (Wildman–Crippen MR) is 89.7 cm³/mol. The van der Waals surface area contributed by atoms with Crippen molar-refractivity contribution in [2.45, 2.75) is 18.0 Å². The predicted octanol–water partition coefficient (Wildman–Crippen LogP) is 2.10. The van der Waals surface area contributed by atoms with E-state index >= 15 is 0 Å². The van der Waals surface area contributed by atoms with Gasteiger partial charge in [0.25, 0.3) is 0 Å². The van der Waals surface area contributed by atoms with Crippen LogP contribution < -0.4 is 11.3 Å². The maximum Gasteiger partial charge on any atom is 0.427 e. The molecule has 0 fully saturated rings. The molecule has 0 saturated heterocycles. The van der Waals surface area contributed by atoms with Gasteiger partial charge in [-0.3, -0.25) is 5.43 Å². The fourth-order valence-electron chi connectivity index (χ4n) is 1.97. The van der Waals surface area contributed by atoms with E-state index in [0.717, 1.165) is 12.4 Å². The molecule has 0 aliphatic heterocycles. The van der Waals surface area contributed by atoms with Gasteiger partial charge in [-0.2, -0.15) is 13.2 Å². The summed E-state index contributed by atoms with van der Waals surface area (Å²) in [4.78, 5) is 11.5. The van der Waals surface area contributed by atoms with Crippen LogP contribution in [0.4, 0.5) is 19.1 Å². The van der Waals surface area contributed by atoms with Crippen molar-refractivity contribution in [2.75, 3.05) is 11.2 Å². The molecule has 142 valence electrons. The van der Waals surface area contributed by atoms with Crippen molar-refractivity contribution in [3.63, 3.8) is 0 Å². The van der Waals surface area contributed by atoms with Gasteiger partial charge in [0.05, 0.1) is 23.8 Å². The van der Waals surface area contributed by atoms with E-state index in [-0.39, 0.29) is 33.8 Å². The van der Waals surface area contributed by atoms with Gasteiger partial charge < -0.3 is 4.57 Å². The number of nitrogens with one attached hydrogen (secondary N) is 1. The molecule has 2 aromatic heterocycles. The quantitative estimate of drug-likeness (QED) is 0.572. The zero-order valence-electron chi connectivity index (χ0n) is 13.5. The molecule has 2 rings (SSSR count). The molecule has 0 radical (unpaired) electrons. The van der Waals surface area contributed by atoms with Crippen molar-refractivity contribution in [1.82, 2.24) is 19.5 Å². The highest BCUT2D eigenvalue weighted by Gasteiger charge is 2.33. The van der Waals surface area contributed by atoms with Crippen molar-refractivity contribution in [3.8, 4) is 11.5 Å². The molecule has 0 saturated carbocycles. The largest absolute Gasteiger partial charge is 0.427 e. The highest BCUT2D eigenvalue weighted by molar-refractivity contribution is 7.91. The Bertz CT molecular complexity index is 955. The average Bonchev–Trinajstić information content (AvgIpc) is 2.94. The smallest absolute Gasteiger partial charge is 0.326 e. The molecular formula is C13H14ClF3N6O2S. The van der Waals surface area contributed by atoms with Crippen LogP contribution in [0.1, 0.15) is 12.6 Å². The van der Waals surface area contributed by atoms with Gasteiger partial charge in [-0.25, -0.2) is 29.2 Å². The molecule has 0 spiro atoms. The minimum atomic E-state index is -4.71. The second kappa shape index (κ2) is 7.21. The van der Waals surface area contributed by atoms with Gasteiger partial charge >= 0.3 is 6.18 Å². The molecule has 0 unspecified atom stereocenters. The van der Waals surface area contributed by atoms with Crippen LogP contribution in [0, 0.1) is 0 Å². The molecule has 0 aliphatic rings. The van der Waals surface area contributed by atoms with E-state index in [1.165, 1.54) is 18.5 Å². The summed E-state index contributed by atoms with van der Waals surface area (Å²) >= 11 is 5.24. The topological polar surface area (TPSA) is 116 Å². The maximum absolute atomic E-state index is 12.6. The van der Waals surface area contributed by atoms with E-state index in [4.69, 9.17) is 17.4 Å². The van der Waals surface area contributed by atoms with E-state index in [1.54, 1.807) is 0 Å². The van der Waals surface area contributed by atoms with Crippen LogP contribution in [0.25, 0.3) is 17.6 Å². The molecule has 2 aromatic rings. The Morgan fingerprint density at radius 3 is 2.58 bits per heavy atom. The summed E-state index contributed by atoms with van der Waals surface area (Å²) in [7, 11) is -2.33. The summed E-state index contributed by atoms with van der Waals surface area (Å²) in [6.07, 6.45) is -1.86. The Labute approximate surface area is 151 Å². The Kier molecular flexibility index (Phi) is 5.58. The van der Waals surface area contributed by atoms with E-state index in [9.17, 15) is 21.6 Å². The summed E-state index contributed by atoms with van der Waals surface area (Å²) in [6, 6.07) is 0. The molecule has 0 aromatic carbocycles. The molecule has 0 atom stereocenters. The van der Waals surface area contributed by atoms with Crippen molar-refractivity contribution < 1.29 is 21.6 Å². The number of hydrogen-bond acceptors (Lipinski definition) is 7. The van der Waals surface area contributed by atoms with E-state index in [2.05, 4.69) is 20.4 Å². The van der Waals surface area contributed by atoms with Crippen LogP contribution in [0.15, 0.2) is 22.3 Å². The minimum Gasteiger partial charge on any atom is -0.326 e. The molecule has 0 amide bonds. The van der Waals surface area contributed by atoms with Crippen LogP contribution in [-0.4, -0.2) is 39.9 Å². The lowest BCUT2D eigenvalue weighted by molar-refractivity contribution is -0.0836. The number of rotatable bonds is 5. The van der Waals surface area contributed by atoms with E-state index in [1.807, 2.05) is 0 Å². The molecular weight excluding hydrogens is 397 g/mol. The number of nitrogen functional groups attached to an aromatic ring is 1. The van der Waals surface area contributed by atoms with Crippen molar-refractivity contribution in [3.05, 3.63) is 23.1 Å². The number of sulfone groups is 1. The van der Waals surface area contributed by atoms with Gasteiger partial charge in [0.15, 0.2) is 15.7 Å². The second-order valence-corrected chi connectivity index (χ2v) is 7.66. The summed E-state index contributed by atoms with van der Waals surface area (Å²) in [5.41, 5.74) is 2.08. The Morgan fingerprint density at radius 2 is 2.04 bits per heavy atom. The molecule has 13 heteroatoms. The molecule has 0 bridgehead atoms. The SMILES string of the molecule is CCS(=O)(=O)c1cnc(NN)nc1-c1ncc(/C=C(\Cl)C(F)(F)F)n1C. The van der Waals surface area contributed by atoms with Crippen LogP contribution in [0.3, 0.4) is 0 Å². The molecule has 0 aliphatic carbocycles. The average molecular weight is 411 g/mol. The summed E-state index contributed by atoms with van der Waals surface area (Å²) in [6.45, 7) is 1.43. The lowest BCUT2D eigenvalue weighted by Crippen LogP contribution is -2.15. The lowest BCUT2D eigenvalue weighted by atomic mass is 10.3. The Balaban J connectivity index is 2.67. The number of hydrogen-bond donors (Lipinski definition) is 2. The monoisotopic (exact) mass is 410 g/mol. The Morgan fingerprint density at radius 1 is 1.38 bits per heavy atom. The molecule has 8 nitrogen and oxygen atoms in total. The van der Waals surface area contributed by atoms with Crippen LogP contribution in [0.5, 0.6) is 0 Å². The van der Waals surface area contributed by atoms with Gasteiger partial charge in [-0.1, -0.05) is 18.5 Å². The summed E-state index contributed by atoms with van der Waals surface area (Å²) in [5.74, 6) is 4.94. The number of anilines is 1. The van der Waals surface area contributed by atoms with Crippen LogP contribution in [-0.2, 0) is 16.9 Å². The third-order valence-electron chi connectivity index (χ3n) is 3.38. The molecule has 3 N–H and O–H groups in total. The zero-order chi connectivity index (χ0) is 19.7. The Hall–Kier alpha value is -2.18. The second-order valence-electron chi connectivity index (χ2n) is 5.01. The fourth-order valence-corrected chi connectivity index (χ4v) is 3.04. The number of alkyl halides is 3. The highest BCUT2D eigenvalue weighted by atomic mass is 35.5. The number of imidazole rings is 1. The maximum atomic E-state index is 12.6. The van der Waals surface area contributed by atoms with E-state index in [0.29, 0.717) is 6.08 Å². The van der Waals surface area contributed by atoms with E-state index < -0.39 is 21.0 Å². The summed E-state index contributed by atoms with van der Waals surface area (Å²) in [5, 5.41) is -1.35. The van der Waals surface area contributed by atoms with Gasteiger partial charge in [-0.05, 0) is 6.08 Å². The molecule has 26 heavy (non-hydrogen) atoms. The van der Waals surface area contributed by atoms with Gasteiger partial charge in [0.1, 0.15) is 15.6 Å². The molecule has 2 heterocycles. The standard InChI is InChI=1S/C13H14ClF3N6O2S/c1-3-26(24,25)8-6-20-12(22-18)21-10(8)11-19-5-7(23(11)2)4-9(14)13(15,16)17/h4-6H,3,18H2,1-2H3,(H,20,21,22)/b9-4-. The van der Waals surface area contributed by atoms with Crippen molar-refractivity contribution in [2.24, 2.45) is 12.9 Å². The first-order valence-electron chi connectivity index (χ1n) is 7.04. The van der Waals surface area contributed by atoms with Crippen molar-refractivity contribution in [1.29, 1.82) is 0 Å². The lowest BCUT2D eigenvalue weighted by Gasteiger charge is -2.10. The highest BCUT2D eigenvalue weighted by Crippen LogP contribution is 2.32. The number of nitrogens with two attached hydrogens (primary N) is 1. The number of hydrazine groups is 1. The van der Waals surface area contributed by atoms with Gasteiger partial charge in [-0.15, -0.1) is 0 Å². The number of aromatic nitrogens is 4. The van der Waals surface area contributed by atoms with Crippen LogP contribution in [0.2, 0.25) is 0 Å². The number of halogens is 4. The zero-order valence-corrected chi connectivity index (χ0v) is 15.1. The number of nitrogens with zero attached hydrogens (tertiary/aromatic N) is 4. The third kappa shape index (κ3) is 3.97. The van der Waals surface area contributed by atoms with Crippen molar-refractivity contribution >= 4 is 33.5 Å². The first-order valence-corrected chi connectivity index (χ1v) is 9.07. The third-order valence-corrected chi connectivity index (χ3v) is 5.43.